The molecular weight excluding hydrogens is 664 g/mol. The highest BCUT2D eigenvalue weighted by Crippen LogP contribution is 2.40. The third kappa shape index (κ3) is 9.51. The quantitative estimate of drug-likeness (QED) is 0.209. The molecule has 0 aromatic carbocycles. The van der Waals surface area contributed by atoms with E-state index in [4.69, 9.17) is 33.8 Å². The van der Waals surface area contributed by atoms with E-state index in [9.17, 15) is 30.3 Å². The summed E-state index contributed by atoms with van der Waals surface area (Å²) in [7, 11) is 5.21. The summed E-state index contributed by atoms with van der Waals surface area (Å²) < 4.78 is 37.2. The van der Waals surface area contributed by atoms with Crippen molar-refractivity contribution in [2.45, 2.75) is 179 Å². The maximum Gasteiger partial charge on any atom is 0.311 e. The molecule has 3 aliphatic rings. The number of hydrogen-bond donors (Lipinski definition) is 6. The van der Waals surface area contributed by atoms with Gasteiger partial charge in [0, 0.05) is 37.1 Å². The summed E-state index contributed by atoms with van der Waals surface area (Å²) in [6, 6.07) is -0.304. The number of aliphatic hydroxyl groups is 5. The van der Waals surface area contributed by atoms with Gasteiger partial charge in [0.05, 0.1) is 47.6 Å². The first-order valence-electron chi connectivity index (χ1n) is 18.5. The molecule has 0 aliphatic carbocycles. The van der Waals surface area contributed by atoms with Crippen molar-refractivity contribution in [1.29, 1.82) is 5.41 Å². The topological polar surface area (TPSA) is 201 Å². The number of nitrogens with zero attached hydrogens (tertiary/aromatic N) is 1. The van der Waals surface area contributed by atoms with Gasteiger partial charge in [0.15, 0.2) is 12.6 Å². The van der Waals surface area contributed by atoms with Crippen molar-refractivity contribution in [1.82, 2.24) is 4.90 Å². The zero-order valence-electron chi connectivity index (χ0n) is 33.0. The SMILES string of the molecule is CC[C@H]1OC(=O)[C@H](C)[C@H](O[C@@H]2C[C@](C)(OC)[C@H](O)[C@@H](C)O2)[C@@H](C)[C@H](O[C@@H]2O[C@H](C)C[C@H](N(C)C)[C@H]2O)[C@@](C)(O)C[C@H](C)C(=N)[C@@H](C)[C@@H](O)[C@@]1(C)O. The molecule has 18 atom stereocenters. The number of esters is 1. The Kier molecular flexibility index (Phi) is 14.7. The molecule has 0 spiro atoms. The van der Waals surface area contributed by atoms with E-state index in [2.05, 4.69) is 0 Å². The van der Waals surface area contributed by atoms with Crippen LogP contribution in [-0.4, -0.2) is 148 Å². The number of likely N-dealkylation sites (N-methyl/N-ethyl adjacent to an activating group) is 1. The molecule has 3 rings (SSSR count). The first kappa shape index (κ1) is 44.1. The summed E-state index contributed by atoms with van der Waals surface area (Å²) in [6.07, 6.45) is -9.12. The van der Waals surface area contributed by atoms with Crippen molar-refractivity contribution in [3.8, 4) is 0 Å². The van der Waals surface area contributed by atoms with Crippen LogP contribution in [-0.2, 0) is 33.2 Å². The lowest BCUT2D eigenvalue weighted by Crippen LogP contribution is -2.61. The molecule has 14 heteroatoms. The number of nitrogens with one attached hydrogen (secondary N) is 1. The van der Waals surface area contributed by atoms with Gasteiger partial charge in [-0.15, -0.1) is 0 Å². The van der Waals surface area contributed by atoms with Gasteiger partial charge in [0.1, 0.15) is 23.9 Å². The molecular formula is C37H68N2O12. The molecule has 6 N–H and O–H groups in total. The Hall–Kier alpha value is -1.30. The zero-order chi connectivity index (χ0) is 39.0. The second-order valence-corrected chi connectivity index (χ2v) is 16.5. The van der Waals surface area contributed by atoms with E-state index in [0.717, 1.165) is 0 Å². The number of methoxy groups -OCH3 is 1. The second kappa shape index (κ2) is 17.0. The minimum atomic E-state index is -1.91. The number of hydrogen-bond acceptors (Lipinski definition) is 14. The Morgan fingerprint density at radius 3 is 2.08 bits per heavy atom. The Bertz CT molecular complexity index is 1170. The third-order valence-electron chi connectivity index (χ3n) is 11.9. The Labute approximate surface area is 304 Å². The van der Waals surface area contributed by atoms with Gasteiger partial charge < -0.3 is 64.3 Å². The van der Waals surface area contributed by atoms with E-state index < -0.39 is 102 Å². The Morgan fingerprint density at radius 1 is 0.922 bits per heavy atom. The lowest BCUT2D eigenvalue weighted by Gasteiger charge is -2.49. The van der Waals surface area contributed by atoms with Crippen LogP contribution in [0.5, 0.6) is 0 Å². The van der Waals surface area contributed by atoms with Crippen molar-refractivity contribution in [3.63, 3.8) is 0 Å². The summed E-state index contributed by atoms with van der Waals surface area (Å²) in [5.41, 5.74) is -4.58. The maximum atomic E-state index is 14.1. The number of rotatable bonds is 7. The summed E-state index contributed by atoms with van der Waals surface area (Å²) in [6.45, 7) is 16.8. The number of carbonyl (C=O) groups is 1. The van der Waals surface area contributed by atoms with Crippen LogP contribution in [0.25, 0.3) is 0 Å². The Morgan fingerprint density at radius 2 is 1.53 bits per heavy atom. The van der Waals surface area contributed by atoms with E-state index in [-0.39, 0.29) is 37.1 Å². The summed E-state index contributed by atoms with van der Waals surface area (Å²) in [5.74, 6) is -4.02. The van der Waals surface area contributed by atoms with Crippen LogP contribution >= 0.6 is 0 Å². The standard InChI is InChI=1S/C37H68N2O12/c1-14-25-37(10,45)30(41)20(4)27(38)18(2)16-35(8,44)32(51-34-28(40)24(39(11)12)15-19(3)47-34)21(5)29(22(6)33(43)49-25)50-26-17-36(9,46-13)31(42)23(7)48-26/h18-26,28-32,34,38,40-42,44-45H,14-17H2,1-13H3/t18-,19+,20+,21+,22+,23+,24-,25+,26+,28+,29+,30+,31+,32-,34-,35-,36-,37-/m0/s1. The molecule has 0 aromatic heterocycles. The molecule has 298 valence electrons. The lowest BCUT2D eigenvalue weighted by atomic mass is 9.73. The molecule has 14 nitrogen and oxygen atoms in total. The highest BCUT2D eigenvalue weighted by molar-refractivity contribution is 5.86. The van der Waals surface area contributed by atoms with Gasteiger partial charge in [0.25, 0.3) is 0 Å². The van der Waals surface area contributed by atoms with Crippen LogP contribution in [0.3, 0.4) is 0 Å². The molecule has 3 heterocycles. The molecule has 0 amide bonds. The average Bonchev–Trinajstić information content (AvgIpc) is 3.05. The summed E-state index contributed by atoms with van der Waals surface area (Å²) in [4.78, 5) is 16.0. The molecule has 0 radical (unpaired) electrons. The van der Waals surface area contributed by atoms with Crippen LogP contribution in [0.4, 0.5) is 0 Å². The van der Waals surface area contributed by atoms with Crippen molar-refractivity contribution >= 4 is 11.7 Å². The third-order valence-corrected chi connectivity index (χ3v) is 11.9. The summed E-state index contributed by atoms with van der Waals surface area (Å²) in [5, 5.41) is 66.9. The minimum absolute atomic E-state index is 0.0107. The molecule has 51 heavy (non-hydrogen) atoms. The monoisotopic (exact) mass is 732 g/mol. The van der Waals surface area contributed by atoms with Crippen molar-refractivity contribution in [2.24, 2.45) is 23.7 Å². The fourth-order valence-electron chi connectivity index (χ4n) is 8.43. The van der Waals surface area contributed by atoms with Gasteiger partial charge in [-0.05, 0) is 80.8 Å². The molecule has 0 saturated carbocycles. The van der Waals surface area contributed by atoms with E-state index in [1.54, 1.807) is 55.4 Å². The number of aliphatic hydroxyl groups excluding tert-OH is 3. The predicted octanol–water partition coefficient (Wildman–Crippen LogP) is 2.24. The van der Waals surface area contributed by atoms with Crippen molar-refractivity contribution in [3.05, 3.63) is 0 Å². The van der Waals surface area contributed by atoms with Gasteiger partial charge in [-0.2, -0.15) is 0 Å². The van der Waals surface area contributed by atoms with Crippen molar-refractivity contribution in [2.75, 3.05) is 21.2 Å². The number of cyclic esters (lactones) is 1. The second-order valence-electron chi connectivity index (χ2n) is 16.5. The average molecular weight is 733 g/mol. The van der Waals surface area contributed by atoms with Gasteiger partial charge >= 0.3 is 5.97 Å². The lowest BCUT2D eigenvalue weighted by molar-refractivity contribution is -0.317. The van der Waals surface area contributed by atoms with Crippen LogP contribution in [0.2, 0.25) is 0 Å². The first-order chi connectivity index (χ1) is 23.4. The number of ether oxygens (including phenoxy) is 6. The Balaban J connectivity index is 2.18. The highest BCUT2D eigenvalue weighted by atomic mass is 16.7. The fourth-order valence-corrected chi connectivity index (χ4v) is 8.43. The van der Waals surface area contributed by atoms with E-state index >= 15 is 0 Å². The van der Waals surface area contributed by atoms with Gasteiger partial charge in [-0.3, -0.25) is 4.79 Å². The van der Waals surface area contributed by atoms with E-state index in [1.807, 2.05) is 25.9 Å². The smallest absolute Gasteiger partial charge is 0.311 e. The number of carbonyl (C=O) groups excluding carboxylic acids is 1. The first-order valence-corrected chi connectivity index (χ1v) is 18.5. The molecule has 3 aliphatic heterocycles. The van der Waals surface area contributed by atoms with Crippen molar-refractivity contribution < 1.29 is 58.7 Å². The van der Waals surface area contributed by atoms with E-state index in [0.29, 0.717) is 6.42 Å². The summed E-state index contributed by atoms with van der Waals surface area (Å²) >= 11 is 0. The van der Waals surface area contributed by atoms with Crippen LogP contribution in [0.15, 0.2) is 0 Å². The van der Waals surface area contributed by atoms with Gasteiger partial charge in [-0.25, -0.2) is 0 Å². The predicted molar refractivity (Wildman–Crippen MR) is 189 cm³/mol. The zero-order valence-corrected chi connectivity index (χ0v) is 33.0. The fraction of sp³-hybridized carbons (Fsp3) is 0.946. The van der Waals surface area contributed by atoms with E-state index in [1.165, 1.54) is 14.0 Å². The molecule has 3 saturated heterocycles. The maximum absolute atomic E-state index is 14.1. The molecule has 3 fully saturated rings. The van der Waals surface area contributed by atoms with Crippen LogP contribution in [0.1, 0.15) is 94.9 Å². The molecule has 0 unspecified atom stereocenters. The normalized spacial score (nSPS) is 49.7. The van der Waals surface area contributed by atoms with Crippen LogP contribution in [0, 0.1) is 29.1 Å². The van der Waals surface area contributed by atoms with Gasteiger partial charge in [-0.1, -0.05) is 27.7 Å². The van der Waals surface area contributed by atoms with Crippen LogP contribution < -0.4 is 0 Å². The largest absolute Gasteiger partial charge is 0.459 e. The van der Waals surface area contributed by atoms with Gasteiger partial charge in [0.2, 0.25) is 0 Å². The minimum Gasteiger partial charge on any atom is -0.459 e. The molecule has 0 aromatic rings. The highest BCUT2D eigenvalue weighted by Gasteiger charge is 2.53. The molecule has 0 bridgehead atoms.